The number of anilines is 1. The summed E-state index contributed by atoms with van der Waals surface area (Å²) in [6, 6.07) is 6.99. The molecule has 9 nitrogen and oxygen atoms in total. The Labute approximate surface area is 167 Å². The molecule has 2 amide bonds. The Morgan fingerprint density at radius 3 is 2.54 bits per heavy atom. The lowest BCUT2D eigenvalue weighted by Gasteiger charge is -2.20. The van der Waals surface area contributed by atoms with Crippen molar-refractivity contribution in [2.45, 2.75) is 56.1 Å². The summed E-state index contributed by atoms with van der Waals surface area (Å²) in [5.74, 6) is 0.0367. The van der Waals surface area contributed by atoms with E-state index in [-0.39, 0.29) is 18.0 Å². The first-order valence-electron chi connectivity index (χ1n) is 9.15. The van der Waals surface area contributed by atoms with E-state index in [0.717, 1.165) is 12.8 Å². The molecule has 1 atom stereocenters. The summed E-state index contributed by atoms with van der Waals surface area (Å²) in [5.41, 5.74) is 0.698. The van der Waals surface area contributed by atoms with Crippen molar-refractivity contribution < 1.29 is 14.3 Å². The second kappa shape index (κ2) is 8.59. The maximum absolute atomic E-state index is 12.4. The molecule has 10 heteroatoms. The Morgan fingerprint density at radius 1 is 1.25 bits per heavy atom. The lowest BCUT2D eigenvalue weighted by Crippen LogP contribution is -2.40. The maximum Gasteiger partial charge on any atom is 0.324 e. The number of esters is 1. The van der Waals surface area contributed by atoms with E-state index in [4.69, 9.17) is 4.74 Å². The number of thioether (sulfide) groups is 1. The summed E-state index contributed by atoms with van der Waals surface area (Å²) >= 11 is 1.28. The van der Waals surface area contributed by atoms with Crippen LogP contribution in [0.3, 0.4) is 0 Å². The van der Waals surface area contributed by atoms with E-state index < -0.39 is 5.25 Å². The number of hydrogen-bond acceptors (Lipinski definition) is 7. The average molecular weight is 404 g/mol. The monoisotopic (exact) mass is 404 g/mol. The molecule has 1 aromatic heterocycles. The van der Waals surface area contributed by atoms with E-state index in [2.05, 4.69) is 20.8 Å². The molecule has 0 aliphatic heterocycles. The van der Waals surface area contributed by atoms with Gasteiger partial charge in [-0.25, -0.2) is 9.48 Å². The molecule has 1 fully saturated rings. The van der Waals surface area contributed by atoms with Gasteiger partial charge >= 0.3 is 12.0 Å². The number of nitrogens with one attached hydrogen (secondary N) is 1. The van der Waals surface area contributed by atoms with Crippen LogP contribution in [0.2, 0.25) is 0 Å². The van der Waals surface area contributed by atoms with Crippen LogP contribution in [0, 0.1) is 0 Å². The molecule has 0 spiro atoms. The largest absolute Gasteiger partial charge is 0.426 e. The number of tetrazole rings is 1. The molecule has 3 rings (SSSR count). The molecule has 2 aromatic rings. The summed E-state index contributed by atoms with van der Waals surface area (Å²) in [4.78, 5) is 25.9. The Kier molecular flexibility index (Phi) is 6.18. The molecule has 1 aromatic carbocycles. The molecule has 1 aliphatic rings. The predicted octanol–water partition coefficient (Wildman–Crippen LogP) is 2.65. The number of hydrogen-bond donors (Lipinski definition) is 1. The van der Waals surface area contributed by atoms with Gasteiger partial charge in [-0.2, -0.15) is 0 Å². The number of amides is 2. The van der Waals surface area contributed by atoms with Gasteiger partial charge in [0, 0.05) is 18.8 Å². The highest BCUT2D eigenvalue weighted by Crippen LogP contribution is 2.37. The van der Waals surface area contributed by atoms with Crippen molar-refractivity contribution in [2.75, 3.05) is 11.9 Å². The summed E-state index contributed by atoms with van der Waals surface area (Å²) in [5, 5.41) is 14.6. The van der Waals surface area contributed by atoms with Gasteiger partial charge in [0.2, 0.25) is 5.16 Å². The summed E-state index contributed by atoms with van der Waals surface area (Å²) < 4.78 is 7.21. The second-order valence-electron chi connectivity index (χ2n) is 6.98. The van der Waals surface area contributed by atoms with Crippen molar-refractivity contribution in [1.82, 2.24) is 25.5 Å². The van der Waals surface area contributed by atoms with E-state index in [1.165, 1.54) is 16.7 Å². The lowest BCUT2D eigenvalue weighted by molar-refractivity contribution is -0.133. The van der Waals surface area contributed by atoms with E-state index in [1.54, 1.807) is 42.9 Å². The number of ether oxygens (including phenoxy) is 1. The third-order valence-electron chi connectivity index (χ3n) is 4.13. The third kappa shape index (κ3) is 5.00. The second-order valence-corrected chi connectivity index (χ2v) is 8.28. The van der Waals surface area contributed by atoms with Crippen LogP contribution in [0.15, 0.2) is 29.4 Å². The molecule has 1 heterocycles. The van der Waals surface area contributed by atoms with Crippen LogP contribution in [0.25, 0.3) is 0 Å². The van der Waals surface area contributed by atoms with Gasteiger partial charge in [-0.05, 0) is 68.3 Å². The highest BCUT2D eigenvalue weighted by molar-refractivity contribution is 8.00. The van der Waals surface area contributed by atoms with Gasteiger partial charge in [0.1, 0.15) is 11.0 Å². The highest BCUT2D eigenvalue weighted by Gasteiger charge is 2.29. The zero-order chi connectivity index (χ0) is 20.3. The van der Waals surface area contributed by atoms with Crippen LogP contribution in [-0.2, 0) is 4.79 Å². The minimum atomic E-state index is -0.456. The first kappa shape index (κ1) is 20.1. The van der Waals surface area contributed by atoms with Crippen molar-refractivity contribution in [3.63, 3.8) is 0 Å². The van der Waals surface area contributed by atoms with E-state index in [1.807, 2.05) is 13.8 Å². The third-order valence-corrected chi connectivity index (χ3v) is 5.15. The topological polar surface area (TPSA) is 102 Å². The van der Waals surface area contributed by atoms with Crippen molar-refractivity contribution in [3.05, 3.63) is 24.3 Å². The van der Waals surface area contributed by atoms with Gasteiger partial charge in [0.15, 0.2) is 0 Å². The summed E-state index contributed by atoms with van der Waals surface area (Å²) in [7, 11) is 1.68. The number of carbonyl (C=O) groups is 2. The maximum atomic E-state index is 12.4. The molecule has 1 saturated carbocycles. The first-order valence-corrected chi connectivity index (χ1v) is 10.0. The smallest absolute Gasteiger partial charge is 0.324 e. The molecule has 0 radical (unpaired) electrons. The minimum absolute atomic E-state index is 0.0510. The van der Waals surface area contributed by atoms with Gasteiger partial charge in [0.25, 0.3) is 0 Å². The number of urea groups is 1. The Balaban J connectivity index is 1.56. The molecule has 1 unspecified atom stereocenters. The fourth-order valence-corrected chi connectivity index (χ4v) is 3.25. The van der Waals surface area contributed by atoms with E-state index in [0.29, 0.717) is 22.6 Å². The van der Waals surface area contributed by atoms with Gasteiger partial charge in [-0.3, -0.25) is 9.69 Å². The predicted molar refractivity (Wildman–Crippen MR) is 106 cm³/mol. The molecule has 0 bridgehead atoms. The molecular formula is C18H24N6O3S. The van der Waals surface area contributed by atoms with Crippen LogP contribution >= 0.6 is 11.8 Å². The Morgan fingerprint density at radius 2 is 1.93 bits per heavy atom. The fourth-order valence-electron chi connectivity index (χ4n) is 2.42. The van der Waals surface area contributed by atoms with Gasteiger partial charge in [-0.1, -0.05) is 11.8 Å². The Bertz CT molecular complexity index is 834. The van der Waals surface area contributed by atoms with Crippen LogP contribution in [0.4, 0.5) is 10.5 Å². The molecule has 0 saturated heterocycles. The molecule has 150 valence electrons. The van der Waals surface area contributed by atoms with Crippen molar-refractivity contribution in [1.29, 1.82) is 0 Å². The summed E-state index contributed by atoms with van der Waals surface area (Å²) in [6.45, 7) is 5.56. The van der Waals surface area contributed by atoms with E-state index in [9.17, 15) is 9.59 Å². The van der Waals surface area contributed by atoms with Crippen LogP contribution < -0.4 is 15.0 Å². The van der Waals surface area contributed by atoms with Gasteiger partial charge in [0.05, 0.1) is 6.04 Å². The fraction of sp³-hybridized carbons (Fsp3) is 0.500. The van der Waals surface area contributed by atoms with Crippen LogP contribution in [0.5, 0.6) is 5.75 Å². The molecule has 28 heavy (non-hydrogen) atoms. The zero-order valence-electron chi connectivity index (χ0n) is 16.3. The lowest BCUT2D eigenvalue weighted by atomic mass is 10.3. The molecule has 1 N–H and O–H groups in total. The number of nitrogens with zero attached hydrogens (tertiary/aromatic N) is 5. The number of rotatable bonds is 7. The average Bonchev–Trinajstić information content (AvgIpc) is 3.40. The van der Waals surface area contributed by atoms with Crippen LogP contribution in [0.1, 0.15) is 39.7 Å². The van der Waals surface area contributed by atoms with Crippen molar-refractivity contribution in [2.24, 2.45) is 0 Å². The van der Waals surface area contributed by atoms with Crippen LogP contribution in [-0.4, -0.2) is 50.5 Å². The normalized spacial score (nSPS) is 14.6. The van der Waals surface area contributed by atoms with Crippen molar-refractivity contribution in [3.8, 4) is 5.75 Å². The highest BCUT2D eigenvalue weighted by atomic mass is 32.2. The minimum Gasteiger partial charge on any atom is -0.426 e. The quantitative estimate of drug-likeness (QED) is 0.430. The van der Waals surface area contributed by atoms with Crippen molar-refractivity contribution >= 4 is 29.4 Å². The molecule has 1 aliphatic carbocycles. The molecular weight excluding hydrogens is 380 g/mol. The zero-order valence-corrected chi connectivity index (χ0v) is 17.1. The summed E-state index contributed by atoms with van der Waals surface area (Å²) in [6.07, 6.45) is 2.13. The number of benzene rings is 1. The van der Waals surface area contributed by atoms with Gasteiger partial charge in [-0.15, -0.1) is 5.10 Å². The Hall–Kier alpha value is -2.62. The SMILES string of the molecule is CC(C)NC(=O)N(C)c1ccc(OC(=O)C(C)Sc2nnnn2C2CC2)cc1. The number of aromatic nitrogens is 4. The van der Waals surface area contributed by atoms with E-state index >= 15 is 0 Å². The standard InChI is InChI=1S/C18H24N6O3S/c1-11(2)19-17(26)23(4)13-7-9-15(10-8-13)27-16(25)12(3)28-18-20-21-22-24(18)14-5-6-14/h7-12,14H,5-6H2,1-4H3,(H,19,26). The number of carbonyl (C=O) groups excluding carboxylic acids is 2. The first-order chi connectivity index (χ1) is 13.3. The van der Waals surface area contributed by atoms with Gasteiger partial charge < -0.3 is 10.1 Å².